The highest BCUT2D eigenvalue weighted by Gasteiger charge is 2.11. The number of hydrogen-bond donors (Lipinski definition) is 1. The van der Waals surface area contributed by atoms with Crippen molar-refractivity contribution in [2.75, 3.05) is 5.06 Å². The summed E-state index contributed by atoms with van der Waals surface area (Å²) >= 11 is 0. The highest BCUT2D eigenvalue weighted by Crippen LogP contribution is 2.27. The summed E-state index contributed by atoms with van der Waals surface area (Å²) in [6, 6.07) is 6.05. The third-order valence-electron chi connectivity index (χ3n) is 2.13. The lowest BCUT2D eigenvalue weighted by Crippen LogP contribution is -2.15. The van der Waals surface area contributed by atoms with Gasteiger partial charge in [-0.15, -0.1) is 0 Å². The van der Waals surface area contributed by atoms with E-state index in [1.165, 1.54) is 10.6 Å². The normalized spacial score (nSPS) is 14.7. The Balaban J connectivity index is 2.58. The molecule has 0 fully saturated rings. The van der Waals surface area contributed by atoms with Crippen LogP contribution in [0.1, 0.15) is 11.1 Å². The Labute approximate surface area is 71.7 Å². The predicted molar refractivity (Wildman–Crippen MR) is 48.3 cm³/mol. The Morgan fingerprint density at radius 3 is 3.00 bits per heavy atom. The maximum absolute atomic E-state index is 9.49. The molecule has 1 aliphatic rings. The SMILES string of the molecule is Cc1cccc2c1N(O)C=CC2. The smallest absolute Gasteiger partial charge is 0.0750 e. The summed E-state index contributed by atoms with van der Waals surface area (Å²) in [5.74, 6) is 0. The number of benzene rings is 1. The topological polar surface area (TPSA) is 23.5 Å². The first-order valence-electron chi connectivity index (χ1n) is 4.02. The molecule has 1 aromatic rings. The molecule has 0 aromatic heterocycles. The Bertz CT molecular complexity index is 331. The van der Waals surface area contributed by atoms with E-state index in [1.807, 2.05) is 31.2 Å². The molecule has 1 aliphatic heterocycles. The molecule has 0 amide bonds. The highest BCUT2D eigenvalue weighted by molar-refractivity contribution is 5.61. The summed E-state index contributed by atoms with van der Waals surface area (Å²) in [6.45, 7) is 2.00. The summed E-state index contributed by atoms with van der Waals surface area (Å²) in [5, 5.41) is 10.7. The van der Waals surface area contributed by atoms with E-state index in [9.17, 15) is 5.21 Å². The molecule has 12 heavy (non-hydrogen) atoms. The second-order valence-electron chi connectivity index (χ2n) is 3.02. The van der Waals surface area contributed by atoms with Crippen LogP contribution in [-0.2, 0) is 6.42 Å². The molecule has 0 bridgehead atoms. The predicted octanol–water partition coefficient (Wildman–Crippen LogP) is 2.26. The van der Waals surface area contributed by atoms with Gasteiger partial charge in [-0.3, -0.25) is 5.21 Å². The first kappa shape index (κ1) is 7.37. The fourth-order valence-corrected chi connectivity index (χ4v) is 1.57. The number of fused-ring (bicyclic) bond motifs is 1. The average Bonchev–Trinajstić information content (AvgIpc) is 2.04. The van der Waals surface area contributed by atoms with Crippen molar-refractivity contribution in [2.45, 2.75) is 13.3 Å². The number of para-hydroxylation sites is 1. The molecule has 2 rings (SSSR count). The molecule has 0 spiro atoms. The summed E-state index contributed by atoms with van der Waals surface area (Å²) in [4.78, 5) is 0. The molecular formula is C10H11NO. The number of anilines is 1. The third-order valence-corrected chi connectivity index (χ3v) is 2.13. The van der Waals surface area contributed by atoms with Gasteiger partial charge in [0.2, 0.25) is 0 Å². The standard InChI is InChI=1S/C10H11NO/c1-8-4-2-5-9-6-3-7-11(12)10(8)9/h2-5,7,12H,6H2,1H3. The van der Waals surface area contributed by atoms with Gasteiger partial charge in [0.1, 0.15) is 0 Å². The molecule has 1 aromatic carbocycles. The van der Waals surface area contributed by atoms with Gasteiger partial charge in [-0.05, 0) is 24.5 Å². The van der Waals surface area contributed by atoms with Gasteiger partial charge < -0.3 is 0 Å². The molecule has 0 radical (unpaired) electrons. The Morgan fingerprint density at radius 1 is 1.42 bits per heavy atom. The summed E-state index contributed by atoms with van der Waals surface area (Å²) < 4.78 is 0. The molecule has 2 nitrogen and oxygen atoms in total. The molecule has 62 valence electrons. The van der Waals surface area contributed by atoms with Crippen molar-refractivity contribution in [3.8, 4) is 0 Å². The van der Waals surface area contributed by atoms with Gasteiger partial charge >= 0.3 is 0 Å². The lowest BCUT2D eigenvalue weighted by Gasteiger charge is -2.21. The van der Waals surface area contributed by atoms with E-state index in [-0.39, 0.29) is 0 Å². The number of hydrogen-bond acceptors (Lipinski definition) is 2. The fraction of sp³-hybridized carbons (Fsp3) is 0.200. The number of aryl methyl sites for hydroxylation is 1. The molecule has 0 saturated carbocycles. The van der Waals surface area contributed by atoms with Gasteiger partial charge in [0.15, 0.2) is 0 Å². The largest absolute Gasteiger partial charge is 0.284 e. The van der Waals surface area contributed by atoms with E-state index in [2.05, 4.69) is 0 Å². The summed E-state index contributed by atoms with van der Waals surface area (Å²) in [7, 11) is 0. The van der Waals surface area contributed by atoms with Crippen LogP contribution in [0.5, 0.6) is 0 Å². The Kier molecular flexibility index (Phi) is 1.62. The van der Waals surface area contributed by atoms with Crippen LogP contribution < -0.4 is 5.06 Å². The van der Waals surface area contributed by atoms with Crippen molar-refractivity contribution in [3.05, 3.63) is 41.6 Å². The molecule has 1 N–H and O–H groups in total. The maximum Gasteiger partial charge on any atom is 0.0750 e. The van der Waals surface area contributed by atoms with Crippen molar-refractivity contribution >= 4 is 5.69 Å². The second-order valence-corrected chi connectivity index (χ2v) is 3.02. The molecule has 0 aliphatic carbocycles. The minimum Gasteiger partial charge on any atom is -0.284 e. The van der Waals surface area contributed by atoms with Gasteiger partial charge in [0.05, 0.1) is 5.69 Å². The van der Waals surface area contributed by atoms with E-state index in [0.717, 1.165) is 17.7 Å². The zero-order chi connectivity index (χ0) is 8.55. The van der Waals surface area contributed by atoms with Crippen molar-refractivity contribution in [1.29, 1.82) is 0 Å². The zero-order valence-electron chi connectivity index (χ0n) is 6.99. The monoisotopic (exact) mass is 161 g/mol. The van der Waals surface area contributed by atoms with Gasteiger partial charge in [-0.1, -0.05) is 24.3 Å². The van der Waals surface area contributed by atoms with Crippen LogP contribution in [0.25, 0.3) is 0 Å². The van der Waals surface area contributed by atoms with Crippen LogP contribution in [0.15, 0.2) is 30.5 Å². The number of hydroxylamine groups is 1. The van der Waals surface area contributed by atoms with E-state index < -0.39 is 0 Å². The van der Waals surface area contributed by atoms with E-state index in [4.69, 9.17) is 0 Å². The van der Waals surface area contributed by atoms with Gasteiger partial charge in [-0.2, -0.15) is 0 Å². The minimum absolute atomic E-state index is 0.911. The minimum atomic E-state index is 0.911. The lowest BCUT2D eigenvalue weighted by molar-refractivity contribution is 0.292. The number of allylic oxidation sites excluding steroid dienone is 1. The number of rotatable bonds is 0. The lowest BCUT2D eigenvalue weighted by atomic mass is 10.0. The second kappa shape index (κ2) is 2.64. The van der Waals surface area contributed by atoms with Crippen molar-refractivity contribution in [3.63, 3.8) is 0 Å². The number of nitrogens with zero attached hydrogens (tertiary/aromatic N) is 1. The van der Waals surface area contributed by atoms with Crippen LogP contribution in [0, 0.1) is 6.92 Å². The first-order valence-corrected chi connectivity index (χ1v) is 4.02. The molecule has 2 heteroatoms. The molecule has 0 saturated heterocycles. The van der Waals surface area contributed by atoms with Crippen molar-refractivity contribution in [2.24, 2.45) is 0 Å². The van der Waals surface area contributed by atoms with Gasteiger partial charge in [0.25, 0.3) is 0 Å². The van der Waals surface area contributed by atoms with E-state index in [0.29, 0.717) is 0 Å². The van der Waals surface area contributed by atoms with Gasteiger partial charge in [0, 0.05) is 6.20 Å². The zero-order valence-corrected chi connectivity index (χ0v) is 6.99. The van der Waals surface area contributed by atoms with Crippen molar-refractivity contribution < 1.29 is 5.21 Å². The Hall–Kier alpha value is -1.28. The molecule has 1 heterocycles. The van der Waals surface area contributed by atoms with Gasteiger partial charge in [-0.25, -0.2) is 5.06 Å². The molecule has 0 atom stereocenters. The van der Waals surface area contributed by atoms with Crippen LogP contribution in [0.2, 0.25) is 0 Å². The molecular weight excluding hydrogens is 150 g/mol. The average molecular weight is 161 g/mol. The first-order chi connectivity index (χ1) is 5.79. The van der Waals surface area contributed by atoms with Crippen LogP contribution in [0.3, 0.4) is 0 Å². The highest BCUT2D eigenvalue weighted by atomic mass is 16.5. The summed E-state index contributed by atoms with van der Waals surface area (Å²) in [5.41, 5.74) is 3.22. The van der Waals surface area contributed by atoms with Crippen molar-refractivity contribution in [1.82, 2.24) is 0 Å². The van der Waals surface area contributed by atoms with E-state index in [1.54, 1.807) is 6.20 Å². The summed E-state index contributed by atoms with van der Waals surface area (Å²) in [6.07, 6.45) is 4.55. The van der Waals surface area contributed by atoms with E-state index >= 15 is 0 Å². The maximum atomic E-state index is 9.49. The quantitative estimate of drug-likeness (QED) is 0.631. The van der Waals surface area contributed by atoms with Crippen LogP contribution in [0.4, 0.5) is 5.69 Å². The fourth-order valence-electron chi connectivity index (χ4n) is 1.57. The van der Waals surface area contributed by atoms with Crippen LogP contribution >= 0.6 is 0 Å². The Morgan fingerprint density at radius 2 is 2.25 bits per heavy atom. The third kappa shape index (κ3) is 1.01. The van der Waals surface area contributed by atoms with Crippen LogP contribution in [-0.4, -0.2) is 5.21 Å². The molecule has 0 unspecified atom stereocenters.